The molecule has 6 aromatic rings. The molecule has 0 saturated carbocycles. The molecule has 71 heavy (non-hydrogen) atoms. The van der Waals surface area contributed by atoms with Gasteiger partial charge in [0, 0.05) is 50.6 Å². The number of guanidine groups is 2. The Bertz CT molecular complexity index is 2980. The van der Waals surface area contributed by atoms with Crippen LogP contribution in [-0.4, -0.2) is 53.3 Å². The van der Waals surface area contributed by atoms with Crippen LogP contribution in [0.15, 0.2) is 136 Å². The minimum atomic E-state index is -1.44. The van der Waals surface area contributed by atoms with E-state index in [-0.39, 0.29) is 18.3 Å². The highest BCUT2D eigenvalue weighted by Gasteiger charge is 2.64. The highest BCUT2D eigenvalue weighted by molar-refractivity contribution is 9.10. The van der Waals surface area contributed by atoms with Gasteiger partial charge in [0.2, 0.25) is 23.4 Å². The van der Waals surface area contributed by atoms with Gasteiger partial charge in [-0.3, -0.25) is 0 Å². The average Bonchev–Trinajstić information content (AvgIpc) is 3.87. The second-order valence-corrected chi connectivity index (χ2v) is 21.8. The van der Waals surface area contributed by atoms with Crippen molar-refractivity contribution in [3.05, 3.63) is 191 Å². The van der Waals surface area contributed by atoms with Crippen molar-refractivity contribution in [1.29, 1.82) is 0 Å². The number of hydroxylamine groups is 4. The summed E-state index contributed by atoms with van der Waals surface area (Å²) < 4.78 is 1.05. The molecule has 0 aromatic heterocycles. The molecule has 12 rings (SSSR count). The first kappa shape index (κ1) is 50.8. The van der Waals surface area contributed by atoms with Crippen molar-refractivity contribution < 1.29 is 19.7 Å². The van der Waals surface area contributed by atoms with E-state index >= 15 is 0 Å². The lowest BCUT2D eigenvalue weighted by atomic mass is 9.71. The zero-order valence-electron chi connectivity index (χ0n) is 40.0. The molecule has 0 bridgehead atoms. The molecule has 2 unspecified atom stereocenters. The molecule has 6 aromatic carbocycles. The Hall–Kier alpha value is -5.18. The van der Waals surface area contributed by atoms with Crippen molar-refractivity contribution in [1.82, 2.24) is 10.1 Å². The second-order valence-electron chi connectivity index (χ2n) is 20.0. The second kappa shape index (κ2) is 19.7. The van der Waals surface area contributed by atoms with Crippen LogP contribution >= 0.6 is 39.1 Å². The third kappa shape index (κ3) is 9.19. The summed E-state index contributed by atoms with van der Waals surface area (Å²) in [4.78, 5) is 23.1. The minimum absolute atomic E-state index is 0. The van der Waals surface area contributed by atoms with E-state index in [4.69, 9.17) is 64.4 Å². The molecule has 0 radical (unpaired) electrons. The fraction of sp³-hybridized carbons (Fsp3) is 0.333. The third-order valence-corrected chi connectivity index (χ3v) is 16.5. The zero-order valence-corrected chi connectivity index (χ0v) is 43.1. The molecule has 14 heteroatoms. The van der Waals surface area contributed by atoms with Crippen molar-refractivity contribution in [2.45, 2.75) is 96.9 Å². The van der Waals surface area contributed by atoms with Crippen molar-refractivity contribution >= 4 is 63.6 Å². The molecule has 4 spiro atoms. The van der Waals surface area contributed by atoms with E-state index in [1.165, 1.54) is 39.4 Å². The SMILES string of the molecule is C.CN1OC2(N=C1N)c1cc(Br)ccc1CC21CCc2ccccc2CC1.Cc1cc(Cl)cc(-c2ccc3c(c2)C2(N=C(N)N(C)O2)C2(CCc4ccccc4CC2)C3)c1.Cc1cc(Cl)cc(B(O)O)c1. The Morgan fingerprint density at radius 1 is 0.563 bits per heavy atom. The highest BCUT2D eigenvalue weighted by Crippen LogP contribution is 2.62. The van der Waals surface area contributed by atoms with Crippen molar-refractivity contribution in [2.75, 3.05) is 14.1 Å². The van der Waals surface area contributed by atoms with Crippen LogP contribution in [0.3, 0.4) is 0 Å². The molecule has 10 nitrogen and oxygen atoms in total. The van der Waals surface area contributed by atoms with Crippen LogP contribution in [0.25, 0.3) is 11.1 Å². The number of benzene rings is 6. The number of aliphatic imine (C=N–C) groups is 2. The predicted octanol–water partition coefficient (Wildman–Crippen LogP) is 10.7. The Balaban J connectivity index is 0.000000146. The average molecular weight is 1060 g/mol. The summed E-state index contributed by atoms with van der Waals surface area (Å²) in [6, 6.07) is 42.0. The van der Waals surface area contributed by atoms with Crippen LogP contribution in [0.4, 0.5) is 0 Å². The number of halogens is 3. The largest absolute Gasteiger partial charge is 0.488 e. The molecule has 6 aliphatic rings. The predicted molar refractivity (Wildman–Crippen MR) is 291 cm³/mol. The Morgan fingerprint density at radius 2 is 1.00 bits per heavy atom. The van der Waals surface area contributed by atoms with E-state index in [0.29, 0.717) is 22.4 Å². The minimum Gasteiger partial charge on any atom is -0.423 e. The van der Waals surface area contributed by atoms with Crippen LogP contribution in [0.5, 0.6) is 0 Å². The zero-order chi connectivity index (χ0) is 49.2. The molecule has 0 fully saturated rings. The number of hydrogen-bond donors (Lipinski definition) is 4. The molecular formula is C57H62BBrCl2N6O4. The quantitative estimate of drug-likeness (QED) is 0.126. The first-order chi connectivity index (χ1) is 33.5. The van der Waals surface area contributed by atoms with Gasteiger partial charge in [-0.15, -0.1) is 0 Å². The van der Waals surface area contributed by atoms with Gasteiger partial charge in [-0.25, -0.2) is 29.8 Å². The lowest BCUT2D eigenvalue weighted by Crippen LogP contribution is -2.43. The first-order valence-corrected chi connectivity index (χ1v) is 25.6. The molecule has 4 aliphatic carbocycles. The summed E-state index contributed by atoms with van der Waals surface area (Å²) in [5.41, 5.74) is 26.2. The van der Waals surface area contributed by atoms with Gasteiger partial charge in [0.1, 0.15) is 0 Å². The summed E-state index contributed by atoms with van der Waals surface area (Å²) in [6.45, 7) is 3.92. The molecular weight excluding hydrogens is 994 g/mol. The monoisotopic (exact) mass is 1050 g/mol. The maximum absolute atomic E-state index is 8.77. The Kier molecular flexibility index (Phi) is 14.1. The maximum atomic E-state index is 8.77. The molecule has 6 N–H and O–H groups in total. The van der Waals surface area contributed by atoms with Crippen LogP contribution in [0, 0.1) is 24.7 Å². The van der Waals surface area contributed by atoms with Gasteiger partial charge in [0.25, 0.3) is 0 Å². The number of nitrogens with zero attached hydrogens (tertiary/aromatic N) is 4. The first-order valence-electron chi connectivity index (χ1n) is 24.0. The third-order valence-electron chi connectivity index (χ3n) is 15.6. The molecule has 2 heterocycles. The summed E-state index contributed by atoms with van der Waals surface area (Å²) in [5, 5.41) is 22.1. The molecule has 368 valence electrons. The number of hydrogen-bond acceptors (Lipinski definition) is 10. The topological polar surface area (TPSA) is 142 Å². The van der Waals surface area contributed by atoms with E-state index in [1.54, 1.807) is 22.3 Å². The van der Waals surface area contributed by atoms with Crippen molar-refractivity contribution in [2.24, 2.45) is 32.3 Å². The van der Waals surface area contributed by atoms with E-state index in [9.17, 15) is 0 Å². The number of fused-ring (bicyclic) bond motifs is 8. The normalized spacial score (nSPS) is 21.6. The fourth-order valence-electron chi connectivity index (χ4n) is 12.1. The fourth-order valence-corrected chi connectivity index (χ4v) is 13.1. The number of aryl methyl sites for hydroxylation is 6. The molecule has 0 saturated heterocycles. The van der Waals surface area contributed by atoms with Gasteiger partial charge in [-0.2, -0.15) is 0 Å². The van der Waals surface area contributed by atoms with Gasteiger partial charge >= 0.3 is 7.12 Å². The van der Waals surface area contributed by atoms with Gasteiger partial charge in [0.15, 0.2) is 0 Å². The van der Waals surface area contributed by atoms with E-state index in [0.717, 1.165) is 107 Å². The van der Waals surface area contributed by atoms with Gasteiger partial charge in [-0.05, 0) is 182 Å². The van der Waals surface area contributed by atoms with Gasteiger partial charge in [0.05, 0.1) is 0 Å². The van der Waals surface area contributed by atoms with E-state index < -0.39 is 18.6 Å². The summed E-state index contributed by atoms with van der Waals surface area (Å²) in [7, 11) is 2.27. The lowest BCUT2D eigenvalue weighted by Gasteiger charge is -2.40. The van der Waals surface area contributed by atoms with Crippen LogP contribution < -0.4 is 16.9 Å². The smallest absolute Gasteiger partial charge is 0.423 e. The molecule has 0 amide bonds. The Labute approximate surface area is 436 Å². The van der Waals surface area contributed by atoms with Crippen molar-refractivity contribution in [3.8, 4) is 11.1 Å². The van der Waals surface area contributed by atoms with Crippen LogP contribution in [0.2, 0.25) is 10.0 Å². The standard InChI is InChI=1S/C28H28ClN3O.C21H22BrN3O.C7H8BClO2.CH4/c1-18-13-23(15-24(29)14-18)21-7-8-22-17-27(11-9-19-5-3-4-6-20(19)10-12-27)28(25(22)16-21)31-26(30)32(2)33-28;1-25-19(23)24-21(26-25)18-12-17(22)7-6-16(18)13-20(21)10-8-14-4-2-3-5-15(14)9-11-20;1-5-2-6(8(10)11)4-7(9)3-5;/h3-8,13-16H,9-12,17H2,1-2H3,(H2,30,31);2-7,12H,8-11,13H2,1H3,(H2,23,24);2-4,10-11H,1H3;1H4. The lowest BCUT2D eigenvalue weighted by molar-refractivity contribution is -0.224. The molecule has 2 atom stereocenters. The van der Waals surface area contributed by atoms with Crippen LogP contribution in [0.1, 0.15) is 88.7 Å². The van der Waals surface area contributed by atoms with Crippen molar-refractivity contribution in [3.63, 3.8) is 0 Å². The summed E-state index contributed by atoms with van der Waals surface area (Å²) >= 11 is 15.7. The van der Waals surface area contributed by atoms with Gasteiger partial charge < -0.3 is 21.5 Å². The van der Waals surface area contributed by atoms with Crippen LogP contribution in [-0.2, 0) is 59.7 Å². The maximum Gasteiger partial charge on any atom is 0.488 e. The summed E-state index contributed by atoms with van der Waals surface area (Å²) in [6.07, 6.45) is 10.2. The number of nitrogens with two attached hydrogens (primary N) is 2. The summed E-state index contributed by atoms with van der Waals surface area (Å²) in [5.74, 6) is 0.895. The number of rotatable bonds is 2. The highest BCUT2D eigenvalue weighted by atomic mass is 79.9. The van der Waals surface area contributed by atoms with E-state index in [1.807, 2.05) is 33.2 Å². The molecule has 2 aliphatic heterocycles. The van der Waals surface area contributed by atoms with E-state index in [2.05, 4.69) is 114 Å². The van der Waals surface area contributed by atoms with Gasteiger partial charge in [-0.1, -0.05) is 125 Å². The Morgan fingerprint density at radius 3 is 1.42 bits per heavy atom.